The number of carboxylic acid groups (broad SMARTS) is 1. The van der Waals surface area contributed by atoms with Gasteiger partial charge in [0.05, 0.1) is 18.2 Å². The molecule has 2 spiro atoms. The SMILES string of the molecule is CN=C1NCC#C[C@@H]2C[C@@H](C)[C@@]34C[C@H](O)C(C(=O)O)=C3C[C@@H]2[C@@]42CN1C=C[C@H]2CNC. The van der Waals surface area contributed by atoms with Crippen LogP contribution in [-0.2, 0) is 4.79 Å². The molecule has 2 aliphatic heterocycles. The molecule has 7 nitrogen and oxygen atoms in total. The van der Waals surface area contributed by atoms with Crippen molar-refractivity contribution in [3.05, 3.63) is 23.4 Å². The van der Waals surface area contributed by atoms with Gasteiger partial charge in [-0.1, -0.05) is 24.8 Å². The highest BCUT2D eigenvalue weighted by Gasteiger charge is 2.74. The summed E-state index contributed by atoms with van der Waals surface area (Å²) in [5, 5.41) is 27.8. The summed E-state index contributed by atoms with van der Waals surface area (Å²) in [6, 6.07) is 0. The van der Waals surface area contributed by atoms with Crippen LogP contribution in [0.4, 0.5) is 0 Å². The molecular weight excluding hydrogens is 392 g/mol. The first-order chi connectivity index (χ1) is 14.9. The number of aliphatic carboxylic acids is 1. The van der Waals surface area contributed by atoms with Gasteiger partial charge in [0.2, 0.25) is 0 Å². The molecule has 5 aliphatic rings. The van der Waals surface area contributed by atoms with Crippen molar-refractivity contribution >= 4 is 11.9 Å². The average molecular weight is 425 g/mol. The molecule has 0 saturated heterocycles. The van der Waals surface area contributed by atoms with Crippen molar-refractivity contribution in [1.82, 2.24) is 15.5 Å². The average Bonchev–Trinajstić information content (AvgIpc) is 3.13. The highest BCUT2D eigenvalue weighted by atomic mass is 16.4. The van der Waals surface area contributed by atoms with Gasteiger partial charge in [0.1, 0.15) is 0 Å². The van der Waals surface area contributed by atoms with Crippen LogP contribution in [0.3, 0.4) is 0 Å². The summed E-state index contributed by atoms with van der Waals surface area (Å²) < 4.78 is 0. The third-order valence-corrected chi connectivity index (χ3v) is 8.92. The number of hydrogen-bond donors (Lipinski definition) is 4. The van der Waals surface area contributed by atoms with Crippen LogP contribution in [0.15, 0.2) is 28.4 Å². The number of rotatable bonds is 3. The standard InChI is InChI=1S/C24H32N4O3/c1-14-9-15-5-4-7-27-22(26-3)28-8-6-16(12-25-2)24(13-28)17(15)10-18-20(21(30)31)19(29)11-23(14,18)24/h6,8,14-17,19,25,29H,7,9-13H2,1-3H3,(H,26,27)(H,30,31)/t14-,15-,16+,17+,19+,23+,24+/m1/s1. The van der Waals surface area contributed by atoms with E-state index in [2.05, 4.69) is 51.6 Å². The van der Waals surface area contributed by atoms with Crippen LogP contribution in [0.1, 0.15) is 26.2 Å². The van der Waals surface area contributed by atoms with Gasteiger partial charge in [-0.2, -0.15) is 0 Å². The summed E-state index contributed by atoms with van der Waals surface area (Å²) >= 11 is 0. The predicted octanol–water partition coefficient (Wildman–Crippen LogP) is 1.04. The lowest BCUT2D eigenvalue weighted by Crippen LogP contribution is -2.63. The number of guanidine groups is 1. The molecule has 0 aromatic carbocycles. The molecule has 4 N–H and O–H groups in total. The van der Waals surface area contributed by atoms with E-state index in [0.717, 1.165) is 37.5 Å². The van der Waals surface area contributed by atoms with Gasteiger partial charge in [-0.05, 0) is 49.6 Å². The largest absolute Gasteiger partial charge is 0.478 e. The fourth-order valence-corrected chi connectivity index (χ4v) is 8.03. The van der Waals surface area contributed by atoms with E-state index in [1.165, 1.54) is 0 Å². The smallest absolute Gasteiger partial charge is 0.334 e. The van der Waals surface area contributed by atoms with Gasteiger partial charge in [-0.25, -0.2) is 4.79 Å². The molecule has 5 rings (SSSR count). The molecule has 7 heteroatoms. The summed E-state index contributed by atoms with van der Waals surface area (Å²) in [5.41, 5.74) is 0.687. The maximum Gasteiger partial charge on any atom is 0.334 e. The van der Waals surface area contributed by atoms with Crippen molar-refractivity contribution in [2.75, 3.05) is 33.7 Å². The van der Waals surface area contributed by atoms with E-state index >= 15 is 0 Å². The molecule has 0 unspecified atom stereocenters. The Balaban J connectivity index is 1.80. The Hall–Kier alpha value is -2.30. The molecule has 0 radical (unpaired) electrons. The van der Waals surface area contributed by atoms with Gasteiger partial charge in [-0.15, -0.1) is 0 Å². The molecule has 31 heavy (non-hydrogen) atoms. The number of fused-ring (bicyclic) bond motifs is 1. The number of aliphatic imine (C=N–C) groups is 1. The highest BCUT2D eigenvalue weighted by Crippen LogP contribution is 2.76. The van der Waals surface area contributed by atoms with Crippen molar-refractivity contribution in [3.63, 3.8) is 0 Å². The Morgan fingerprint density at radius 2 is 2.29 bits per heavy atom. The lowest BCUT2D eigenvalue weighted by molar-refractivity contribution is -0.134. The minimum atomic E-state index is -0.966. The van der Waals surface area contributed by atoms with Crippen LogP contribution >= 0.6 is 0 Å². The van der Waals surface area contributed by atoms with Crippen molar-refractivity contribution < 1.29 is 15.0 Å². The Labute approximate surface area is 183 Å². The van der Waals surface area contributed by atoms with Gasteiger partial charge >= 0.3 is 5.97 Å². The molecule has 2 fully saturated rings. The van der Waals surface area contributed by atoms with E-state index in [9.17, 15) is 15.0 Å². The number of hydrogen-bond acceptors (Lipinski definition) is 4. The van der Waals surface area contributed by atoms with E-state index in [0.29, 0.717) is 13.0 Å². The number of aliphatic hydroxyl groups excluding tert-OH is 1. The molecule has 7 atom stereocenters. The van der Waals surface area contributed by atoms with Crippen molar-refractivity contribution in [2.24, 2.45) is 39.5 Å². The van der Waals surface area contributed by atoms with E-state index in [-0.39, 0.29) is 40.1 Å². The molecular formula is C24H32N4O3. The normalized spacial score (nSPS) is 43.9. The molecule has 5 bridgehead atoms. The first-order valence-corrected chi connectivity index (χ1v) is 11.3. The Kier molecular flexibility index (Phi) is 4.72. The van der Waals surface area contributed by atoms with Crippen LogP contribution in [0, 0.1) is 46.3 Å². The summed E-state index contributed by atoms with van der Waals surface area (Å²) in [6.45, 7) is 4.38. The van der Waals surface area contributed by atoms with E-state index in [1.54, 1.807) is 7.05 Å². The maximum absolute atomic E-state index is 12.2. The fourth-order valence-electron chi connectivity index (χ4n) is 8.03. The lowest BCUT2D eigenvalue weighted by Gasteiger charge is -2.62. The minimum Gasteiger partial charge on any atom is -0.478 e. The monoisotopic (exact) mass is 424 g/mol. The molecule has 166 valence electrons. The number of aliphatic hydroxyl groups is 1. The summed E-state index contributed by atoms with van der Waals surface area (Å²) in [5.74, 6) is 7.67. The number of carbonyl (C=O) groups is 1. The number of nitrogens with zero attached hydrogens (tertiary/aromatic N) is 2. The zero-order valence-corrected chi connectivity index (χ0v) is 18.5. The van der Waals surface area contributed by atoms with Crippen LogP contribution in [-0.4, -0.2) is 66.9 Å². The minimum absolute atomic E-state index is 0.218. The molecule has 3 aliphatic carbocycles. The third kappa shape index (κ3) is 2.49. The van der Waals surface area contributed by atoms with Crippen LogP contribution < -0.4 is 10.6 Å². The van der Waals surface area contributed by atoms with Crippen LogP contribution in [0.2, 0.25) is 0 Å². The molecule has 0 amide bonds. The second-order valence-corrected chi connectivity index (χ2v) is 9.84. The quantitative estimate of drug-likeness (QED) is 0.506. The molecule has 0 aromatic heterocycles. The topological polar surface area (TPSA) is 97.2 Å². The number of allylic oxidation sites excluding steroid dienone is 1. The zero-order valence-electron chi connectivity index (χ0n) is 18.5. The van der Waals surface area contributed by atoms with Crippen LogP contribution in [0.25, 0.3) is 0 Å². The molecule has 2 heterocycles. The number of carboxylic acids is 1. The summed E-state index contributed by atoms with van der Waals surface area (Å²) in [4.78, 5) is 18.9. The molecule has 2 saturated carbocycles. The van der Waals surface area contributed by atoms with Crippen molar-refractivity contribution in [2.45, 2.75) is 32.3 Å². The first-order valence-electron chi connectivity index (χ1n) is 11.3. The Morgan fingerprint density at radius 1 is 1.48 bits per heavy atom. The maximum atomic E-state index is 12.2. The fraction of sp³-hybridized carbons (Fsp3) is 0.667. The van der Waals surface area contributed by atoms with E-state index < -0.39 is 12.1 Å². The zero-order chi connectivity index (χ0) is 22.0. The van der Waals surface area contributed by atoms with Gasteiger partial charge in [-0.3, -0.25) is 4.99 Å². The number of nitrogens with one attached hydrogen (secondary N) is 2. The van der Waals surface area contributed by atoms with Crippen molar-refractivity contribution in [1.29, 1.82) is 0 Å². The summed E-state index contributed by atoms with van der Waals surface area (Å²) in [7, 11) is 3.76. The Bertz CT molecular complexity index is 960. The second kappa shape index (κ2) is 7.11. The predicted molar refractivity (Wildman–Crippen MR) is 118 cm³/mol. The van der Waals surface area contributed by atoms with Gasteiger partial charge in [0.15, 0.2) is 5.96 Å². The second-order valence-electron chi connectivity index (χ2n) is 9.84. The van der Waals surface area contributed by atoms with Crippen LogP contribution in [0.5, 0.6) is 0 Å². The third-order valence-electron chi connectivity index (χ3n) is 8.92. The molecule has 0 aromatic rings. The first kappa shape index (κ1) is 20.6. The lowest BCUT2D eigenvalue weighted by atomic mass is 9.44. The Morgan fingerprint density at radius 3 is 3.00 bits per heavy atom. The van der Waals surface area contributed by atoms with E-state index in [4.69, 9.17) is 0 Å². The highest BCUT2D eigenvalue weighted by molar-refractivity contribution is 5.90. The summed E-state index contributed by atoms with van der Waals surface area (Å²) in [6.07, 6.45) is 5.66. The van der Waals surface area contributed by atoms with E-state index in [1.807, 2.05) is 7.05 Å². The van der Waals surface area contributed by atoms with Crippen molar-refractivity contribution in [3.8, 4) is 11.8 Å². The van der Waals surface area contributed by atoms with Gasteiger partial charge in [0.25, 0.3) is 0 Å². The van der Waals surface area contributed by atoms with Gasteiger partial charge < -0.3 is 25.7 Å². The van der Waals surface area contributed by atoms with Gasteiger partial charge in [0, 0.05) is 43.1 Å².